The summed E-state index contributed by atoms with van der Waals surface area (Å²) in [5.41, 5.74) is 0.801. The van der Waals surface area contributed by atoms with Crippen molar-refractivity contribution in [2.75, 3.05) is 32.2 Å². The largest absolute Gasteiger partial charge is 0.497 e. The number of anilines is 1. The van der Waals surface area contributed by atoms with E-state index in [0.29, 0.717) is 22.8 Å². The monoisotopic (exact) mass is 502 g/mol. The Kier molecular flexibility index (Phi) is 8.18. The Labute approximate surface area is 204 Å². The van der Waals surface area contributed by atoms with Crippen LogP contribution in [0, 0.1) is 5.82 Å². The summed E-state index contributed by atoms with van der Waals surface area (Å²) in [5, 5.41) is 2.80. The molecule has 0 saturated heterocycles. The van der Waals surface area contributed by atoms with Gasteiger partial charge in [-0.05, 0) is 73.7 Å². The molecule has 10 heteroatoms. The lowest BCUT2D eigenvalue weighted by molar-refractivity contribution is -0.120. The van der Waals surface area contributed by atoms with Crippen molar-refractivity contribution in [1.82, 2.24) is 5.32 Å². The highest BCUT2D eigenvalue weighted by Gasteiger charge is 2.28. The first-order valence-electron chi connectivity index (χ1n) is 10.6. The van der Waals surface area contributed by atoms with E-state index in [1.807, 2.05) is 0 Å². The highest BCUT2D eigenvalue weighted by molar-refractivity contribution is 7.92. The summed E-state index contributed by atoms with van der Waals surface area (Å²) in [5.74, 6) is 0.510. The molecule has 0 aliphatic heterocycles. The molecule has 0 radical (unpaired) electrons. The van der Waals surface area contributed by atoms with Crippen LogP contribution in [0.1, 0.15) is 18.5 Å². The summed E-state index contributed by atoms with van der Waals surface area (Å²) in [4.78, 5) is 13.0. The number of carbonyl (C=O) groups is 1. The van der Waals surface area contributed by atoms with E-state index in [4.69, 9.17) is 14.2 Å². The third-order valence-electron chi connectivity index (χ3n) is 5.33. The van der Waals surface area contributed by atoms with Crippen LogP contribution in [0.3, 0.4) is 0 Å². The van der Waals surface area contributed by atoms with Crippen molar-refractivity contribution in [1.29, 1.82) is 0 Å². The minimum Gasteiger partial charge on any atom is -0.497 e. The molecule has 0 aliphatic carbocycles. The fraction of sp³-hybridized carbons (Fsp3) is 0.240. The van der Waals surface area contributed by atoms with Crippen molar-refractivity contribution in [2.24, 2.45) is 0 Å². The minimum atomic E-state index is -4.16. The number of methoxy groups -OCH3 is 3. The SMILES string of the molecule is COc1ccc(S(=O)(=O)N(CC(=O)N[C@@H](C)c2cc(OC)ccc2OC)c2ccc(F)cc2)cc1. The van der Waals surface area contributed by atoms with Crippen molar-refractivity contribution in [3.05, 3.63) is 78.1 Å². The Morgan fingerprint density at radius 2 is 1.51 bits per heavy atom. The molecule has 8 nitrogen and oxygen atoms in total. The average molecular weight is 503 g/mol. The molecule has 0 unspecified atom stereocenters. The van der Waals surface area contributed by atoms with Crippen LogP contribution in [0.5, 0.6) is 17.2 Å². The van der Waals surface area contributed by atoms with Crippen molar-refractivity contribution in [3.63, 3.8) is 0 Å². The molecule has 3 aromatic carbocycles. The molecule has 0 heterocycles. The van der Waals surface area contributed by atoms with E-state index < -0.39 is 34.3 Å². The second-order valence-corrected chi connectivity index (χ2v) is 9.42. The first-order chi connectivity index (χ1) is 16.7. The van der Waals surface area contributed by atoms with Gasteiger partial charge in [0.1, 0.15) is 29.6 Å². The molecule has 0 aliphatic rings. The van der Waals surface area contributed by atoms with Crippen LogP contribution in [0.25, 0.3) is 0 Å². The van der Waals surface area contributed by atoms with Crippen LogP contribution in [-0.2, 0) is 14.8 Å². The summed E-state index contributed by atoms with van der Waals surface area (Å²) in [6, 6.07) is 15.3. The predicted octanol–water partition coefficient (Wildman–Crippen LogP) is 3.92. The van der Waals surface area contributed by atoms with Gasteiger partial charge in [-0.1, -0.05) is 0 Å². The molecule has 35 heavy (non-hydrogen) atoms. The van der Waals surface area contributed by atoms with Gasteiger partial charge in [-0.2, -0.15) is 0 Å². The number of nitrogens with zero attached hydrogens (tertiary/aromatic N) is 1. The van der Waals surface area contributed by atoms with Crippen molar-refractivity contribution >= 4 is 21.6 Å². The quantitative estimate of drug-likeness (QED) is 0.452. The van der Waals surface area contributed by atoms with Gasteiger partial charge in [0.2, 0.25) is 5.91 Å². The second kappa shape index (κ2) is 11.1. The molecule has 0 aromatic heterocycles. The normalized spacial score (nSPS) is 11.9. The van der Waals surface area contributed by atoms with E-state index in [-0.39, 0.29) is 10.6 Å². The Morgan fingerprint density at radius 3 is 2.09 bits per heavy atom. The number of nitrogens with one attached hydrogen (secondary N) is 1. The van der Waals surface area contributed by atoms with E-state index in [2.05, 4.69) is 5.32 Å². The summed E-state index contributed by atoms with van der Waals surface area (Å²) in [6.45, 7) is 1.21. The number of rotatable bonds is 10. The summed E-state index contributed by atoms with van der Waals surface area (Å²) < 4.78 is 57.1. The number of amides is 1. The van der Waals surface area contributed by atoms with Gasteiger partial charge >= 0.3 is 0 Å². The lowest BCUT2D eigenvalue weighted by atomic mass is 10.1. The Hall–Kier alpha value is -3.79. The van der Waals surface area contributed by atoms with E-state index in [0.717, 1.165) is 16.4 Å². The lowest BCUT2D eigenvalue weighted by Crippen LogP contribution is -2.41. The Balaban J connectivity index is 1.90. The molecule has 1 atom stereocenters. The molecule has 186 valence electrons. The van der Waals surface area contributed by atoms with Gasteiger partial charge in [0.05, 0.1) is 38.0 Å². The van der Waals surface area contributed by atoms with E-state index >= 15 is 0 Å². The van der Waals surface area contributed by atoms with Crippen molar-refractivity contribution in [2.45, 2.75) is 17.9 Å². The second-order valence-electron chi connectivity index (χ2n) is 7.56. The zero-order valence-corrected chi connectivity index (χ0v) is 20.6. The van der Waals surface area contributed by atoms with Crippen LogP contribution in [0.2, 0.25) is 0 Å². The Bertz CT molecular complexity index is 1260. The molecule has 0 saturated carbocycles. The number of halogens is 1. The third kappa shape index (κ3) is 6.02. The maximum Gasteiger partial charge on any atom is 0.264 e. The first-order valence-corrected chi connectivity index (χ1v) is 12.1. The zero-order valence-electron chi connectivity index (χ0n) is 19.8. The van der Waals surface area contributed by atoms with E-state index in [9.17, 15) is 17.6 Å². The van der Waals surface area contributed by atoms with Crippen molar-refractivity contribution in [3.8, 4) is 17.2 Å². The fourth-order valence-corrected chi connectivity index (χ4v) is 4.89. The van der Waals surface area contributed by atoms with Gasteiger partial charge in [-0.25, -0.2) is 12.8 Å². The number of hydrogen-bond acceptors (Lipinski definition) is 6. The number of ether oxygens (including phenoxy) is 3. The fourth-order valence-electron chi connectivity index (χ4n) is 3.47. The molecule has 0 bridgehead atoms. The zero-order chi connectivity index (χ0) is 25.6. The van der Waals surface area contributed by atoms with Gasteiger partial charge in [0.15, 0.2) is 0 Å². The topological polar surface area (TPSA) is 94.2 Å². The molecule has 1 N–H and O–H groups in total. The first kappa shape index (κ1) is 25.8. The van der Waals surface area contributed by atoms with Crippen LogP contribution in [-0.4, -0.2) is 42.2 Å². The summed E-state index contributed by atoms with van der Waals surface area (Å²) in [7, 11) is 0.347. The third-order valence-corrected chi connectivity index (χ3v) is 7.12. The minimum absolute atomic E-state index is 0.0436. The van der Waals surface area contributed by atoms with E-state index in [1.165, 1.54) is 57.7 Å². The van der Waals surface area contributed by atoms with Crippen molar-refractivity contribution < 1.29 is 31.8 Å². The predicted molar refractivity (Wildman–Crippen MR) is 130 cm³/mol. The number of hydrogen-bond donors (Lipinski definition) is 1. The van der Waals surface area contributed by atoms with Gasteiger partial charge in [-0.3, -0.25) is 9.10 Å². The molecular weight excluding hydrogens is 475 g/mol. The van der Waals surface area contributed by atoms with Gasteiger partial charge < -0.3 is 19.5 Å². The van der Waals surface area contributed by atoms with Crippen LogP contribution < -0.4 is 23.8 Å². The summed E-state index contributed by atoms with van der Waals surface area (Å²) >= 11 is 0. The van der Waals surface area contributed by atoms with Gasteiger partial charge in [-0.15, -0.1) is 0 Å². The van der Waals surface area contributed by atoms with Crippen LogP contribution >= 0.6 is 0 Å². The Morgan fingerprint density at radius 1 is 0.914 bits per heavy atom. The number of benzene rings is 3. The molecule has 3 rings (SSSR count). The summed E-state index contributed by atoms with van der Waals surface area (Å²) in [6.07, 6.45) is 0. The van der Waals surface area contributed by atoms with Crippen LogP contribution in [0.15, 0.2) is 71.6 Å². The maximum absolute atomic E-state index is 13.5. The van der Waals surface area contributed by atoms with E-state index in [1.54, 1.807) is 25.1 Å². The highest BCUT2D eigenvalue weighted by Crippen LogP contribution is 2.30. The molecular formula is C25H27FN2O6S. The molecule has 1 amide bonds. The molecule has 3 aromatic rings. The van der Waals surface area contributed by atoms with Gasteiger partial charge in [0.25, 0.3) is 10.0 Å². The molecule has 0 spiro atoms. The number of carbonyl (C=O) groups excluding carboxylic acids is 1. The smallest absolute Gasteiger partial charge is 0.264 e. The highest BCUT2D eigenvalue weighted by atomic mass is 32.2. The number of sulfonamides is 1. The van der Waals surface area contributed by atoms with Crippen LogP contribution in [0.4, 0.5) is 10.1 Å². The standard InChI is InChI=1S/C25H27FN2O6S/c1-17(23-15-21(33-3)11-14-24(23)34-4)27-25(29)16-28(19-7-5-18(26)6-8-19)35(30,31)22-12-9-20(32-2)10-13-22/h5-15,17H,16H2,1-4H3,(H,27,29)/t17-/m0/s1. The molecule has 0 fully saturated rings. The average Bonchev–Trinajstić information content (AvgIpc) is 2.87. The maximum atomic E-state index is 13.5. The lowest BCUT2D eigenvalue weighted by Gasteiger charge is -2.25. The van der Waals surface area contributed by atoms with Gasteiger partial charge in [0, 0.05) is 5.56 Å².